The van der Waals surface area contributed by atoms with Gasteiger partial charge < -0.3 is 5.32 Å². The molecule has 0 aliphatic heterocycles. The van der Waals surface area contributed by atoms with Crippen LogP contribution in [0.2, 0.25) is 0 Å². The van der Waals surface area contributed by atoms with Gasteiger partial charge in [-0.2, -0.15) is 13.2 Å². The molecule has 0 unspecified atom stereocenters. The molecule has 0 aliphatic carbocycles. The molecule has 0 fully saturated rings. The Hall–Kier alpha value is -1.52. The van der Waals surface area contributed by atoms with E-state index in [0.29, 0.717) is 12.0 Å². The third kappa shape index (κ3) is 11.3. The van der Waals surface area contributed by atoms with E-state index >= 15 is 0 Å². The van der Waals surface area contributed by atoms with E-state index < -0.39 is 11.7 Å². The minimum absolute atomic E-state index is 0.586. The number of carbonyl (C=O) groups excluding carboxylic acids is 1. The summed E-state index contributed by atoms with van der Waals surface area (Å²) in [6.07, 6.45) is -2.49. The van der Waals surface area contributed by atoms with Crippen molar-refractivity contribution in [3.05, 3.63) is 35.4 Å². The van der Waals surface area contributed by atoms with E-state index in [2.05, 4.69) is 5.32 Å². The zero-order chi connectivity index (χ0) is 15.3. The summed E-state index contributed by atoms with van der Waals surface area (Å²) in [5.74, 6) is 0. The van der Waals surface area contributed by atoms with Gasteiger partial charge in [0.2, 0.25) is 6.41 Å². The number of halogens is 3. The summed E-state index contributed by atoms with van der Waals surface area (Å²) in [5.41, 5.74) is 0.0392. The van der Waals surface area contributed by atoms with Crippen LogP contribution in [0.1, 0.15) is 38.3 Å². The van der Waals surface area contributed by atoms with Crippen molar-refractivity contribution in [1.29, 1.82) is 0 Å². The summed E-state index contributed by atoms with van der Waals surface area (Å²) < 4.78 is 35.9. The van der Waals surface area contributed by atoms with Crippen molar-refractivity contribution in [2.45, 2.75) is 40.3 Å². The maximum absolute atomic E-state index is 12.0. The molecular formula is C14H22F3NO. The van der Waals surface area contributed by atoms with Gasteiger partial charge in [0.25, 0.3) is 0 Å². The lowest BCUT2D eigenvalue weighted by Gasteiger charge is -2.05. The summed E-state index contributed by atoms with van der Waals surface area (Å²) in [5, 5.41) is 2.52. The Balaban J connectivity index is 0. The molecule has 1 amide bonds. The van der Waals surface area contributed by atoms with Gasteiger partial charge in [-0.15, -0.1) is 0 Å². The molecule has 1 N–H and O–H groups in total. The normalized spacial score (nSPS) is 9.42. The minimum Gasteiger partial charge on any atom is -0.359 e. The van der Waals surface area contributed by atoms with Crippen LogP contribution in [0.25, 0.3) is 0 Å². The SMILES string of the molecule is CC.CCCNC=O.Cc1cccc(C(F)(F)F)c1. The number of hydrogen-bond donors (Lipinski definition) is 1. The predicted octanol–water partition coefficient (Wildman–Crippen LogP) is 4.18. The number of carbonyl (C=O) groups is 1. The Kier molecular flexibility index (Phi) is 12.1. The minimum atomic E-state index is -4.22. The van der Waals surface area contributed by atoms with E-state index in [9.17, 15) is 18.0 Å². The van der Waals surface area contributed by atoms with E-state index in [-0.39, 0.29) is 0 Å². The fraction of sp³-hybridized carbons (Fsp3) is 0.500. The molecule has 0 atom stereocenters. The van der Waals surface area contributed by atoms with Crippen LogP contribution in [-0.4, -0.2) is 13.0 Å². The topological polar surface area (TPSA) is 29.1 Å². The molecule has 1 aromatic carbocycles. The number of alkyl halides is 3. The van der Waals surface area contributed by atoms with Crippen LogP contribution in [0, 0.1) is 6.92 Å². The van der Waals surface area contributed by atoms with Crippen molar-refractivity contribution < 1.29 is 18.0 Å². The predicted molar refractivity (Wildman–Crippen MR) is 71.9 cm³/mol. The number of aryl methyl sites for hydroxylation is 1. The van der Waals surface area contributed by atoms with Crippen LogP contribution in [0.5, 0.6) is 0 Å². The van der Waals surface area contributed by atoms with Crippen LogP contribution in [0.15, 0.2) is 24.3 Å². The van der Waals surface area contributed by atoms with E-state index in [1.54, 1.807) is 13.0 Å². The maximum Gasteiger partial charge on any atom is 0.416 e. The summed E-state index contributed by atoms with van der Waals surface area (Å²) >= 11 is 0. The molecule has 0 spiro atoms. The first-order valence-electron chi connectivity index (χ1n) is 6.22. The molecule has 0 saturated heterocycles. The molecule has 1 rings (SSSR count). The third-order valence-corrected chi connectivity index (χ3v) is 1.82. The maximum atomic E-state index is 12.0. The van der Waals surface area contributed by atoms with Crippen molar-refractivity contribution in [2.75, 3.05) is 6.54 Å². The van der Waals surface area contributed by atoms with E-state index in [0.717, 1.165) is 25.1 Å². The highest BCUT2D eigenvalue weighted by Crippen LogP contribution is 2.29. The number of benzene rings is 1. The van der Waals surface area contributed by atoms with Gasteiger partial charge in [-0.05, 0) is 19.4 Å². The highest BCUT2D eigenvalue weighted by atomic mass is 19.4. The zero-order valence-corrected chi connectivity index (χ0v) is 11.8. The monoisotopic (exact) mass is 277 g/mol. The highest BCUT2D eigenvalue weighted by Gasteiger charge is 2.29. The Morgan fingerprint density at radius 2 is 1.84 bits per heavy atom. The zero-order valence-electron chi connectivity index (χ0n) is 11.8. The summed E-state index contributed by atoms with van der Waals surface area (Å²) in [6, 6.07) is 5.22. The standard InChI is InChI=1S/C8H7F3.C4H9NO.C2H6/c1-6-3-2-4-7(5-6)8(9,10)11;1-2-3-5-4-6;1-2/h2-5H,1H3;4H,2-3H2,1H3,(H,5,6);1-2H3. The van der Waals surface area contributed by atoms with Gasteiger partial charge in [-0.1, -0.05) is 44.5 Å². The molecule has 0 aromatic heterocycles. The second-order valence-electron chi connectivity index (χ2n) is 3.44. The van der Waals surface area contributed by atoms with Gasteiger partial charge in [-0.25, -0.2) is 0 Å². The van der Waals surface area contributed by atoms with Gasteiger partial charge >= 0.3 is 6.18 Å². The average molecular weight is 277 g/mol. The van der Waals surface area contributed by atoms with Crippen LogP contribution in [-0.2, 0) is 11.0 Å². The Morgan fingerprint density at radius 1 is 1.26 bits per heavy atom. The molecule has 110 valence electrons. The van der Waals surface area contributed by atoms with Crippen LogP contribution in [0.4, 0.5) is 13.2 Å². The summed E-state index contributed by atoms with van der Waals surface area (Å²) in [4.78, 5) is 9.45. The van der Waals surface area contributed by atoms with Gasteiger partial charge in [-0.3, -0.25) is 4.79 Å². The van der Waals surface area contributed by atoms with E-state index in [1.165, 1.54) is 6.07 Å². The number of hydrogen-bond acceptors (Lipinski definition) is 1. The lowest BCUT2D eigenvalue weighted by Crippen LogP contribution is -2.10. The van der Waals surface area contributed by atoms with Crippen molar-refractivity contribution in [3.63, 3.8) is 0 Å². The summed E-state index contributed by atoms with van der Waals surface area (Å²) in [6.45, 7) is 8.44. The Bertz CT molecular complexity index is 338. The molecule has 0 bridgehead atoms. The second-order valence-corrected chi connectivity index (χ2v) is 3.44. The Morgan fingerprint density at radius 3 is 2.11 bits per heavy atom. The average Bonchev–Trinajstić information content (AvgIpc) is 2.38. The molecule has 0 radical (unpaired) electrons. The van der Waals surface area contributed by atoms with Crippen LogP contribution in [0.3, 0.4) is 0 Å². The number of nitrogens with one attached hydrogen (secondary N) is 1. The molecule has 2 nitrogen and oxygen atoms in total. The van der Waals surface area contributed by atoms with Crippen molar-refractivity contribution >= 4 is 6.41 Å². The first-order chi connectivity index (χ1) is 8.91. The molecule has 5 heteroatoms. The fourth-order valence-corrected chi connectivity index (χ4v) is 1.02. The van der Waals surface area contributed by atoms with E-state index in [1.807, 2.05) is 20.8 Å². The van der Waals surface area contributed by atoms with Crippen LogP contribution < -0.4 is 5.32 Å². The molecule has 1 aromatic rings. The second kappa shape index (κ2) is 11.6. The molecular weight excluding hydrogens is 255 g/mol. The first kappa shape index (κ1) is 19.8. The molecule has 0 saturated carbocycles. The van der Waals surface area contributed by atoms with Crippen molar-refractivity contribution in [3.8, 4) is 0 Å². The van der Waals surface area contributed by atoms with Gasteiger partial charge in [0.15, 0.2) is 0 Å². The van der Waals surface area contributed by atoms with Crippen LogP contribution >= 0.6 is 0 Å². The largest absolute Gasteiger partial charge is 0.416 e. The Labute approximate surface area is 113 Å². The van der Waals surface area contributed by atoms with Gasteiger partial charge in [0, 0.05) is 6.54 Å². The first-order valence-corrected chi connectivity index (χ1v) is 6.22. The van der Waals surface area contributed by atoms with Gasteiger partial charge in [0.1, 0.15) is 0 Å². The fourth-order valence-electron chi connectivity index (χ4n) is 1.02. The molecule has 19 heavy (non-hydrogen) atoms. The van der Waals surface area contributed by atoms with E-state index in [4.69, 9.17) is 0 Å². The lowest BCUT2D eigenvalue weighted by molar-refractivity contribution is -0.137. The summed E-state index contributed by atoms with van der Waals surface area (Å²) in [7, 11) is 0. The number of rotatable bonds is 3. The lowest BCUT2D eigenvalue weighted by atomic mass is 10.1. The van der Waals surface area contributed by atoms with Crippen molar-refractivity contribution in [1.82, 2.24) is 5.32 Å². The number of amides is 1. The highest BCUT2D eigenvalue weighted by molar-refractivity contribution is 5.45. The quantitative estimate of drug-likeness (QED) is 0.651. The molecule has 0 heterocycles. The molecule has 0 aliphatic rings. The van der Waals surface area contributed by atoms with Gasteiger partial charge in [0.05, 0.1) is 5.56 Å². The third-order valence-electron chi connectivity index (χ3n) is 1.82. The van der Waals surface area contributed by atoms with Crippen molar-refractivity contribution in [2.24, 2.45) is 0 Å². The smallest absolute Gasteiger partial charge is 0.359 e.